The Hall–Kier alpha value is -4.91. The molecule has 2 N–H and O–H groups in total. The van der Waals surface area contributed by atoms with Crippen molar-refractivity contribution >= 4 is 23.7 Å². The molecule has 1 unspecified atom stereocenters. The fraction of sp³-hybridized carbons (Fsp3) is 0.353. The van der Waals surface area contributed by atoms with Crippen molar-refractivity contribution in [2.45, 2.75) is 56.2 Å². The van der Waals surface area contributed by atoms with Gasteiger partial charge in [-0.25, -0.2) is 4.79 Å². The maximum absolute atomic E-state index is 12.9. The number of benzene rings is 3. The zero-order valence-corrected chi connectivity index (χ0v) is 25.8. The molecule has 0 spiro atoms. The summed E-state index contributed by atoms with van der Waals surface area (Å²) in [7, 11) is 3.05. The normalized spacial score (nSPS) is 14.1. The van der Waals surface area contributed by atoms with Gasteiger partial charge in [-0.1, -0.05) is 49.2 Å². The van der Waals surface area contributed by atoms with E-state index in [1.54, 1.807) is 36.4 Å². The second kappa shape index (κ2) is 15.1. The van der Waals surface area contributed by atoms with Crippen LogP contribution in [0.1, 0.15) is 65.6 Å². The van der Waals surface area contributed by atoms with Gasteiger partial charge < -0.3 is 24.7 Å². The molecular formula is C34H35F3N2O8. The van der Waals surface area contributed by atoms with Crippen molar-refractivity contribution < 1.29 is 51.8 Å². The summed E-state index contributed by atoms with van der Waals surface area (Å²) >= 11 is 0. The molecule has 3 aromatic rings. The lowest BCUT2D eigenvalue weighted by Crippen LogP contribution is -2.42. The monoisotopic (exact) mass is 656 g/mol. The van der Waals surface area contributed by atoms with Gasteiger partial charge in [-0.15, -0.1) is 5.06 Å². The first-order chi connectivity index (χ1) is 22.4. The van der Waals surface area contributed by atoms with Crippen molar-refractivity contribution in [3.05, 3.63) is 95.1 Å². The van der Waals surface area contributed by atoms with Crippen molar-refractivity contribution in [1.29, 1.82) is 0 Å². The summed E-state index contributed by atoms with van der Waals surface area (Å²) in [5, 5.41) is 14.4. The van der Waals surface area contributed by atoms with Gasteiger partial charge in [-0.2, -0.15) is 13.2 Å². The summed E-state index contributed by atoms with van der Waals surface area (Å²) in [6, 6.07) is 20.5. The highest BCUT2D eigenvalue weighted by Crippen LogP contribution is 2.45. The molecule has 3 aromatic carbocycles. The molecular weight excluding hydrogens is 621 g/mol. The molecule has 10 nitrogen and oxygen atoms in total. The van der Waals surface area contributed by atoms with E-state index in [2.05, 4.69) is 0 Å². The molecule has 1 aliphatic heterocycles. The number of amides is 3. The highest BCUT2D eigenvalue weighted by atomic mass is 19.4. The minimum absolute atomic E-state index is 0.0443. The molecule has 0 aromatic heterocycles. The summed E-state index contributed by atoms with van der Waals surface area (Å²) in [6.07, 6.45) is -4.81. The number of carbonyl (C=O) groups excluding carboxylic acids is 4. The fourth-order valence-electron chi connectivity index (χ4n) is 5.61. The summed E-state index contributed by atoms with van der Waals surface area (Å²) in [5.74, 6) is -2.96. The van der Waals surface area contributed by atoms with Gasteiger partial charge in [-0.3, -0.25) is 14.4 Å². The number of rotatable bonds is 14. The van der Waals surface area contributed by atoms with Gasteiger partial charge in [0.15, 0.2) is 0 Å². The van der Waals surface area contributed by atoms with Crippen molar-refractivity contribution in [2.24, 2.45) is 0 Å². The molecule has 1 fully saturated rings. The molecule has 0 aliphatic carbocycles. The van der Waals surface area contributed by atoms with Crippen LogP contribution in [0, 0.1) is 0 Å². The summed E-state index contributed by atoms with van der Waals surface area (Å²) in [6.45, 7) is -0.164. The molecule has 250 valence electrons. The number of nitrogens with one attached hydrogen (secondary N) is 1. The Labute approximate surface area is 269 Å². The van der Waals surface area contributed by atoms with Crippen LogP contribution in [0.15, 0.2) is 72.8 Å². The predicted octanol–water partition coefficient (Wildman–Crippen LogP) is 4.86. The molecule has 1 aliphatic rings. The molecule has 0 radical (unpaired) electrons. The molecule has 1 atom stereocenters. The number of alkyl halides is 3. The number of hydrogen-bond acceptors (Lipinski definition) is 8. The molecule has 0 saturated carbocycles. The first-order valence-electron chi connectivity index (χ1n) is 14.9. The topological polar surface area (TPSA) is 131 Å². The molecule has 13 heteroatoms. The van der Waals surface area contributed by atoms with Crippen LogP contribution in [-0.4, -0.2) is 66.9 Å². The Kier molecular flexibility index (Phi) is 11.2. The van der Waals surface area contributed by atoms with E-state index in [1.165, 1.54) is 26.4 Å². The number of aliphatic hydroxyl groups is 1. The average molecular weight is 657 g/mol. The number of imide groups is 1. The minimum atomic E-state index is -4.96. The third-order valence-electron chi connectivity index (χ3n) is 8.04. The van der Waals surface area contributed by atoms with E-state index in [4.69, 9.17) is 14.3 Å². The van der Waals surface area contributed by atoms with Gasteiger partial charge in [0.2, 0.25) is 0 Å². The van der Waals surface area contributed by atoms with Crippen molar-refractivity contribution in [2.75, 3.05) is 20.8 Å². The number of aliphatic hydroxyl groups excluding tert-OH is 1. The van der Waals surface area contributed by atoms with E-state index in [0.29, 0.717) is 46.1 Å². The van der Waals surface area contributed by atoms with E-state index in [-0.39, 0.29) is 37.8 Å². The Morgan fingerprint density at radius 1 is 0.787 bits per heavy atom. The SMILES string of the molecule is COc1ccc(C(c2ccc(OC)cc2)(c2ccc(C(=O)ON3C(=O)CCC3=O)cc2)C(O)CCCCCNC(=O)C(F)(F)F)cc1. The molecule has 3 amide bonds. The van der Waals surface area contributed by atoms with Gasteiger partial charge in [0.05, 0.1) is 31.3 Å². The van der Waals surface area contributed by atoms with Crippen LogP contribution >= 0.6 is 0 Å². The quantitative estimate of drug-likeness (QED) is 0.143. The maximum atomic E-state index is 12.9. The average Bonchev–Trinajstić information content (AvgIpc) is 3.39. The third kappa shape index (κ3) is 7.91. The van der Waals surface area contributed by atoms with Gasteiger partial charge in [0.1, 0.15) is 11.5 Å². The van der Waals surface area contributed by atoms with E-state index >= 15 is 0 Å². The zero-order chi connectivity index (χ0) is 34.2. The van der Waals surface area contributed by atoms with Crippen LogP contribution in [0.3, 0.4) is 0 Å². The van der Waals surface area contributed by atoms with E-state index < -0.39 is 41.4 Å². The molecule has 4 rings (SSSR count). The first kappa shape index (κ1) is 35.0. The lowest BCUT2D eigenvalue weighted by molar-refractivity contribution is -0.173. The Morgan fingerprint density at radius 2 is 1.26 bits per heavy atom. The number of hydroxylamine groups is 2. The van der Waals surface area contributed by atoms with Crippen LogP contribution in [0.4, 0.5) is 13.2 Å². The van der Waals surface area contributed by atoms with Crippen molar-refractivity contribution in [3.63, 3.8) is 0 Å². The van der Waals surface area contributed by atoms with Crippen LogP contribution in [0.25, 0.3) is 0 Å². The largest absolute Gasteiger partial charge is 0.497 e. The third-order valence-corrected chi connectivity index (χ3v) is 8.04. The highest BCUT2D eigenvalue weighted by Gasteiger charge is 2.43. The molecule has 0 bridgehead atoms. The number of methoxy groups -OCH3 is 2. The minimum Gasteiger partial charge on any atom is -0.497 e. The Morgan fingerprint density at radius 3 is 1.70 bits per heavy atom. The lowest BCUT2D eigenvalue weighted by Gasteiger charge is -2.40. The molecule has 47 heavy (non-hydrogen) atoms. The van der Waals surface area contributed by atoms with Crippen LogP contribution < -0.4 is 14.8 Å². The summed E-state index contributed by atoms with van der Waals surface area (Å²) in [4.78, 5) is 52.9. The lowest BCUT2D eigenvalue weighted by atomic mass is 9.64. The predicted molar refractivity (Wildman–Crippen MR) is 162 cm³/mol. The Bertz CT molecular complexity index is 1490. The number of carbonyl (C=O) groups is 4. The van der Waals surface area contributed by atoms with Crippen molar-refractivity contribution in [1.82, 2.24) is 10.4 Å². The van der Waals surface area contributed by atoms with Crippen LogP contribution in [-0.2, 0) is 24.6 Å². The summed E-state index contributed by atoms with van der Waals surface area (Å²) < 4.78 is 48.3. The second-order valence-corrected chi connectivity index (χ2v) is 10.9. The number of hydrogen-bond donors (Lipinski definition) is 2. The van der Waals surface area contributed by atoms with Gasteiger partial charge >= 0.3 is 18.1 Å². The number of unbranched alkanes of at least 4 members (excludes halogenated alkanes) is 2. The van der Waals surface area contributed by atoms with E-state index in [9.17, 15) is 37.5 Å². The number of nitrogens with zero attached hydrogens (tertiary/aromatic N) is 1. The maximum Gasteiger partial charge on any atom is 0.471 e. The van der Waals surface area contributed by atoms with Gasteiger partial charge in [0, 0.05) is 19.4 Å². The van der Waals surface area contributed by atoms with Gasteiger partial charge in [0.25, 0.3) is 11.8 Å². The fourth-order valence-corrected chi connectivity index (χ4v) is 5.61. The molecule has 1 saturated heterocycles. The first-order valence-corrected chi connectivity index (χ1v) is 14.9. The number of ether oxygens (including phenoxy) is 2. The summed E-state index contributed by atoms with van der Waals surface area (Å²) in [5.41, 5.74) is 0.776. The molecule has 1 heterocycles. The zero-order valence-electron chi connectivity index (χ0n) is 25.8. The van der Waals surface area contributed by atoms with Crippen molar-refractivity contribution in [3.8, 4) is 11.5 Å². The smallest absolute Gasteiger partial charge is 0.471 e. The van der Waals surface area contributed by atoms with E-state index in [1.807, 2.05) is 29.6 Å². The van der Waals surface area contributed by atoms with Crippen LogP contribution in [0.5, 0.6) is 11.5 Å². The van der Waals surface area contributed by atoms with E-state index in [0.717, 1.165) is 0 Å². The second-order valence-electron chi connectivity index (χ2n) is 10.9. The Balaban J connectivity index is 1.68. The van der Waals surface area contributed by atoms with Gasteiger partial charge in [-0.05, 0) is 65.9 Å². The number of halogens is 3. The standard InChI is InChI=1S/C34H35F3N2O8/c1-45-26-15-11-24(12-16-26)33(25-13-17-27(46-2)18-14-25,28(40)6-4-3-5-21-38-32(44)34(35,36)37)23-9-7-22(8-10-23)31(43)47-39-29(41)19-20-30(39)42/h7-18,28,40H,3-6,19-21H2,1-2H3,(H,38,44). The highest BCUT2D eigenvalue weighted by molar-refractivity contribution is 6.02. The van der Waals surface area contributed by atoms with Crippen LogP contribution in [0.2, 0.25) is 0 Å².